The van der Waals surface area contributed by atoms with E-state index in [9.17, 15) is 0 Å². The Morgan fingerprint density at radius 2 is 2.00 bits per heavy atom. The third-order valence-electron chi connectivity index (χ3n) is 3.92. The summed E-state index contributed by atoms with van der Waals surface area (Å²) in [5.74, 6) is 2.28. The minimum absolute atomic E-state index is 0.316. The molecule has 2 aromatic rings. The highest BCUT2D eigenvalue weighted by Crippen LogP contribution is 2.33. The van der Waals surface area contributed by atoms with Crippen LogP contribution < -0.4 is 5.73 Å². The maximum Gasteiger partial charge on any atom is 0.223 e. The third-order valence-corrected chi connectivity index (χ3v) is 3.92. The molecule has 20 heavy (non-hydrogen) atoms. The second kappa shape index (κ2) is 5.53. The molecule has 0 spiro atoms. The molecule has 0 radical (unpaired) electrons. The van der Waals surface area contributed by atoms with Gasteiger partial charge in [0.1, 0.15) is 5.82 Å². The maximum atomic E-state index is 5.88. The number of aromatic nitrogens is 4. The first-order valence-electron chi connectivity index (χ1n) is 7.22. The van der Waals surface area contributed by atoms with E-state index in [0.29, 0.717) is 17.7 Å². The van der Waals surface area contributed by atoms with Gasteiger partial charge in [-0.3, -0.25) is 4.98 Å². The normalized spacial score (nSPS) is 15.7. The second-order valence-corrected chi connectivity index (χ2v) is 5.24. The Labute approximate surface area is 118 Å². The number of hydrogen-bond donors (Lipinski definition) is 1. The molecule has 3 rings (SSSR count). The van der Waals surface area contributed by atoms with Crippen molar-refractivity contribution in [2.75, 3.05) is 5.73 Å². The Kier molecular flexibility index (Phi) is 3.58. The van der Waals surface area contributed by atoms with Gasteiger partial charge in [0, 0.05) is 23.9 Å². The number of nitrogen functional groups attached to an aromatic ring is 1. The van der Waals surface area contributed by atoms with Gasteiger partial charge in [-0.15, -0.1) is 0 Å². The molecule has 5 nitrogen and oxygen atoms in total. The smallest absolute Gasteiger partial charge is 0.223 e. The summed E-state index contributed by atoms with van der Waals surface area (Å²) in [6.45, 7) is 2.10. The molecule has 104 valence electrons. The SMILES string of the molecule is CCc1cnccc1-c1nc(N)nc(C2CCCC2)n1. The van der Waals surface area contributed by atoms with Crippen molar-refractivity contribution < 1.29 is 0 Å². The zero-order valence-corrected chi connectivity index (χ0v) is 11.7. The standard InChI is InChI=1S/C15H19N5/c1-2-10-9-17-8-7-12(10)14-18-13(19-15(16)20-14)11-5-3-4-6-11/h7-9,11H,2-6H2,1H3,(H2,16,18,19,20). The number of nitrogens with zero attached hydrogens (tertiary/aromatic N) is 4. The van der Waals surface area contributed by atoms with Crippen molar-refractivity contribution in [3.8, 4) is 11.4 Å². The molecule has 5 heteroatoms. The van der Waals surface area contributed by atoms with Crippen molar-refractivity contribution in [2.45, 2.75) is 44.9 Å². The van der Waals surface area contributed by atoms with Gasteiger partial charge in [-0.2, -0.15) is 9.97 Å². The third kappa shape index (κ3) is 2.48. The number of pyridine rings is 1. The average Bonchev–Trinajstić information content (AvgIpc) is 3.01. The van der Waals surface area contributed by atoms with Crippen molar-refractivity contribution >= 4 is 5.95 Å². The topological polar surface area (TPSA) is 77.6 Å². The quantitative estimate of drug-likeness (QED) is 0.927. The van der Waals surface area contributed by atoms with Crippen LogP contribution in [0.1, 0.15) is 49.9 Å². The van der Waals surface area contributed by atoms with Gasteiger partial charge in [0.05, 0.1) is 0 Å². The van der Waals surface area contributed by atoms with Crippen molar-refractivity contribution in [1.82, 2.24) is 19.9 Å². The molecule has 0 aliphatic heterocycles. The molecule has 1 aliphatic rings. The van der Waals surface area contributed by atoms with Gasteiger partial charge in [0.2, 0.25) is 5.95 Å². The largest absolute Gasteiger partial charge is 0.368 e. The van der Waals surface area contributed by atoms with E-state index in [1.54, 1.807) is 6.20 Å². The molecule has 0 saturated heterocycles. The Morgan fingerprint density at radius 1 is 1.20 bits per heavy atom. The molecule has 2 heterocycles. The summed E-state index contributed by atoms with van der Waals surface area (Å²) < 4.78 is 0. The Balaban J connectivity index is 2.04. The lowest BCUT2D eigenvalue weighted by Crippen LogP contribution is -2.08. The van der Waals surface area contributed by atoms with Crippen molar-refractivity contribution in [3.05, 3.63) is 29.8 Å². The van der Waals surface area contributed by atoms with E-state index >= 15 is 0 Å². The molecule has 0 unspecified atom stereocenters. The lowest BCUT2D eigenvalue weighted by molar-refractivity contribution is 0.665. The zero-order chi connectivity index (χ0) is 13.9. The molecular formula is C15H19N5. The highest BCUT2D eigenvalue weighted by molar-refractivity contribution is 5.60. The van der Waals surface area contributed by atoms with Crippen LogP contribution in [0.25, 0.3) is 11.4 Å². The number of nitrogens with two attached hydrogens (primary N) is 1. The fourth-order valence-electron chi connectivity index (χ4n) is 2.82. The monoisotopic (exact) mass is 269 g/mol. The summed E-state index contributed by atoms with van der Waals surface area (Å²) in [5, 5.41) is 0. The van der Waals surface area contributed by atoms with Crippen molar-refractivity contribution in [2.24, 2.45) is 0 Å². The van der Waals surface area contributed by atoms with Crippen LogP contribution in [-0.4, -0.2) is 19.9 Å². The number of rotatable bonds is 3. The van der Waals surface area contributed by atoms with Crippen LogP contribution in [0.2, 0.25) is 0 Å². The fraction of sp³-hybridized carbons (Fsp3) is 0.467. The summed E-state index contributed by atoms with van der Waals surface area (Å²) in [6.07, 6.45) is 9.34. The lowest BCUT2D eigenvalue weighted by Gasteiger charge is -2.11. The van der Waals surface area contributed by atoms with Crippen LogP contribution in [0.3, 0.4) is 0 Å². The van der Waals surface area contributed by atoms with E-state index in [0.717, 1.165) is 36.2 Å². The summed E-state index contributed by atoms with van der Waals surface area (Å²) in [7, 11) is 0. The van der Waals surface area contributed by atoms with Crippen LogP contribution in [0, 0.1) is 0 Å². The van der Waals surface area contributed by atoms with E-state index in [-0.39, 0.29) is 0 Å². The van der Waals surface area contributed by atoms with Gasteiger partial charge < -0.3 is 5.73 Å². The first kappa shape index (κ1) is 13.0. The first-order chi connectivity index (χ1) is 9.78. The highest BCUT2D eigenvalue weighted by atomic mass is 15.1. The predicted molar refractivity (Wildman–Crippen MR) is 78.1 cm³/mol. The summed E-state index contributed by atoms with van der Waals surface area (Å²) in [5.41, 5.74) is 8.02. The average molecular weight is 269 g/mol. The first-order valence-corrected chi connectivity index (χ1v) is 7.22. The minimum atomic E-state index is 0.316. The molecule has 0 aromatic carbocycles. The summed E-state index contributed by atoms with van der Waals surface area (Å²) in [4.78, 5) is 17.5. The Morgan fingerprint density at radius 3 is 2.75 bits per heavy atom. The zero-order valence-electron chi connectivity index (χ0n) is 11.7. The molecule has 1 saturated carbocycles. The number of aryl methyl sites for hydroxylation is 1. The molecule has 2 N–H and O–H groups in total. The lowest BCUT2D eigenvalue weighted by atomic mass is 10.1. The Bertz CT molecular complexity index is 605. The maximum absolute atomic E-state index is 5.88. The van der Waals surface area contributed by atoms with Crippen LogP contribution in [0.15, 0.2) is 18.5 Å². The van der Waals surface area contributed by atoms with Crippen LogP contribution in [0.4, 0.5) is 5.95 Å². The molecule has 2 aromatic heterocycles. The molecule has 0 amide bonds. The molecule has 0 atom stereocenters. The predicted octanol–water partition coefficient (Wildman–Crippen LogP) is 2.74. The molecule has 1 fully saturated rings. The van der Waals surface area contributed by atoms with Gasteiger partial charge in [0.15, 0.2) is 5.82 Å². The van der Waals surface area contributed by atoms with Crippen molar-refractivity contribution in [1.29, 1.82) is 0 Å². The van der Waals surface area contributed by atoms with Crippen molar-refractivity contribution in [3.63, 3.8) is 0 Å². The van der Waals surface area contributed by atoms with E-state index in [1.807, 2.05) is 12.3 Å². The van der Waals surface area contributed by atoms with Gasteiger partial charge in [-0.05, 0) is 30.9 Å². The molecule has 1 aliphatic carbocycles. The minimum Gasteiger partial charge on any atom is -0.368 e. The van der Waals surface area contributed by atoms with E-state index in [2.05, 4.69) is 26.9 Å². The van der Waals surface area contributed by atoms with Gasteiger partial charge in [-0.1, -0.05) is 19.8 Å². The summed E-state index contributed by atoms with van der Waals surface area (Å²) in [6, 6.07) is 1.95. The van der Waals surface area contributed by atoms with Crippen LogP contribution in [-0.2, 0) is 6.42 Å². The van der Waals surface area contributed by atoms with Gasteiger partial charge >= 0.3 is 0 Å². The molecular weight excluding hydrogens is 250 g/mol. The second-order valence-electron chi connectivity index (χ2n) is 5.24. The van der Waals surface area contributed by atoms with Gasteiger partial charge in [0.25, 0.3) is 0 Å². The molecule has 0 bridgehead atoms. The van der Waals surface area contributed by atoms with E-state index in [1.165, 1.54) is 12.8 Å². The van der Waals surface area contributed by atoms with E-state index in [4.69, 9.17) is 5.73 Å². The van der Waals surface area contributed by atoms with Crippen LogP contribution >= 0.6 is 0 Å². The number of anilines is 1. The highest BCUT2D eigenvalue weighted by Gasteiger charge is 2.21. The van der Waals surface area contributed by atoms with Crippen LogP contribution in [0.5, 0.6) is 0 Å². The number of hydrogen-bond acceptors (Lipinski definition) is 5. The van der Waals surface area contributed by atoms with Gasteiger partial charge in [-0.25, -0.2) is 4.98 Å². The fourth-order valence-corrected chi connectivity index (χ4v) is 2.82. The van der Waals surface area contributed by atoms with E-state index < -0.39 is 0 Å². The Hall–Kier alpha value is -2.04. The summed E-state index contributed by atoms with van der Waals surface area (Å²) >= 11 is 0.